The average molecular weight is 320 g/mol. The van der Waals surface area contributed by atoms with Gasteiger partial charge in [0.05, 0.1) is 23.8 Å². The fraction of sp³-hybridized carbons (Fsp3) is 0.167. The Labute approximate surface area is 138 Å². The van der Waals surface area contributed by atoms with E-state index in [9.17, 15) is 9.59 Å². The number of aromatic nitrogens is 2. The second kappa shape index (κ2) is 5.81. The maximum atomic E-state index is 12.3. The van der Waals surface area contributed by atoms with Gasteiger partial charge < -0.3 is 15.2 Å². The lowest BCUT2D eigenvalue weighted by Gasteiger charge is -2.17. The summed E-state index contributed by atoms with van der Waals surface area (Å²) < 4.78 is 0. The smallest absolute Gasteiger partial charge is 0.251 e. The fourth-order valence-electron chi connectivity index (χ4n) is 3.02. The summed E-state index contributed by atoms with van der Waals surface area (Å²) >= 11 is 0. The molecule has 0 fully saturated rings. The van der Waals surface area contributed by atoms with E-state index < -0.39 is 0 Å². The Hall–Kier alpha value is -3.15. The van der Waals surface area contributed by atoms with Crippen LogP contribution in [0.3, 0.4) is 0 Å². The highest BCUT2D eigenvalue weighted by atomic mass is 16.2. The molecule has 0 spiro atoms. The summed E-state index contributed by atoms with van der Waals surface area (Å²) in [4.78, 5) is 33.2. The number of H-pyrrole nitrogens is 1. The van der Waals surface area contributed by atoms with Crippen LogP contribution in [-0.4, -0.2) is 34.9 Å². The van der Waals surface area contributed by atoms with Crippen molar-refractivity contribution in [2.24, 2.45) is 0 Å². The van der Waals surface area contributed by atoms with Gasteiger partial charge in [-0.2, -0.15) is 0 Å². The van der Waals surface area contributed by atoms with Gasteiger partial charge in [0.25, 0.3) is 5.91 Å². The van der Waals surface area contributed by atoms with Crippen LogP contribution in [0.4, 0.5) is 5.69 Å². The van der Waals surface area contributed by atoms with E-state index in [1.165, 1.54) is 0 Å². The van der Waals surface area contributed by atoms with Crippen molar-refractivity contribution in [3.05, 3.63) is 59.9 Å². The molecule has 0 aliphatic carbocycles. The summed E-state index contributed by atoms with van der Waals surface area (Å²) in [5.74, 6) is -0.0873. The number of fused-ring (bicyclic) bond motifs is 2. The number of anilines is 1. The van der Waals surface area contributed by atoms with Gasteiger partial charge in [-0.25, -0.2) is 4.98 Å². The molecule has 0 atom stereocenters. The first-order chi connectivity index (χ1) is 11.7. The zero-order chi connectivity index (χ0) is 16.5. The van der Waals surface area contributed by atoms with Gasteiger partial charge in [-0.3, -0.25) is 9.59 Å². The van der Waals surface area contributed by atoms with Gasteiger partial charge in [0, 0.05) is 24.3 Å². The number of carbonyl (C=O) groups is 2. The predicted molar refractivity (Wildman–Crippen MR) is 90.9 cm³/mol. The summed E-state index contributed by atoms with van der Waals surface area (Å²) in [6.45, 7) is 0.869. The molecule has 1 aliphatic heterocycles. The fourth-order valence-corrected chi connectivity index (χ4v) is 3.02. The maximum absolute atomic E-state index is 12.3. The molecule has 4 rings (SSSR count). The lowest BCUT2D eigenvalue weighted by atomic mass is 10.2. The van der Waals surface area contributed by atoms with Crippen molar-refractivity contribution in [3.63, 3.8) is 0 Å². The molecule has 0 saturated carbocycles. The molecular weight excluding hydrogens is 304 g/mol. The molecule has 0 saturated heterocycles. The Balaban J connectivity index is 1.40. The minimum Gasteiger partial charge on any atom is -0.350 e. The van der Waals surface area contributed by atoms with Crippen LogP contribution in [0, 0.1) is 0 Å². The van der Waals surface area contributed by atoms with Crippen molar-refractivity contribution in [1.82, 2.24) is 15.3 Å². The lowest BCUT2D eigenvalue weighted by molar-refractivity contribution is -0.117. The van der Waals surface area contributed by atoms with Crippen LogP contribution >= 0.6 is 0 Å². The second-order valence-corrected chi connectivity index (χ2v) is 5.74. The molecule has 6 heteroatoms. The van der Waals surface area contributed by atoms with Crippen LogP contribution in [0.5, 0.6) is 0 Å². The van der Waals surface area contributed by atoms with Crippen LogP contribution in [0.2, 0.25) is 0 Å². The standard InChI is InChI=1S/C18H16N4O2/c23-17-10-12-3-1-2-4-16(12)22(17)8-7-19-18(24)13-5-6-14-15(9-13)21-11-20-14/h1-6,9,11H,7-8,10H2,(H,19,24)(H,20,21). The average Bonchev–Trinajstić information content (AvgIpc) is 3.18. The van der Waals surface area contributed by atoms with Crippen molar-refractivity contribution in [3.8, 4) is 0 Å². The highest BCUT2D eigenvalue weighted by molar-refractivity contribution is 6.01. The first-order valence-electron chi connectivity index (χ1n) is 7.82. The largest absolute Gasteiger partial charge is 0.350 e. The molecule has 1 aromatic heterocycles. The zero-order valence-corrected chi connectivity index (χ0v) is 13.0. The van der Waals surface area contributed by atoms with Crippen molar-refractivity contribution >= 4 is 28.5 Å². The van der Waals surface area contributed by atoms with Gasteiger partial charge in [-0.05, 0) is 29.8 Å². The van der Waals surface area contributed by atoms with E-state index in [1.807, 2.05) is 24.3 Å². The molecule has 0 radical (unpaired) electrons. The first kappa shape index (κ1) is 14.4. The number of aromatic amines is 1. The van der Waals surface area contributed by atoms with E-state index in [2.05, 4.69) is 15.3 Å². The van der Waals surface area contributed by atoms with E-state index in [-0.39, 0.29) is 11.8 Å². The number of nitrogens with one attached hydrogen (secondary N) is 2. The highest BCUT2D eigenvalue weighted by Crippen LogP contribution is 2.27. The number of benzene rings is 2. The van der Waals surface area contributed by atoms with Gasteiger partial charge >= 0.3 is 0 Å². The van der Waals surface area contributed by atoms with Crippen LogP contribution in [0.1, 0.15) is 15.9 Å². The van der Waals surface area contributed by atoms with Gasteiger partial charge in [0.15, 0.2) is 0 Å². The van der Waals surface area contributed by atoms with Crippen molar-refractivity contribution in [2.75, 3.05) is 18.0 Å². The molecule has 2 amide bonds. The topological polar surface area (TPSA) is 78.1 Å². The van der Waals surface area contributed by atoms with E-state index in [0.717, 1.165) is 22.3 Å². The number of carbonyl (C=O) groups excluding carboxylic acids is 2. The summed E-state index contributed by atoms with van der Waals surface area (Å²) in [6.07, 6.45) is 2.03. The predicted octanol–water partition coefficient (Wildman–Crippen LogP) is 1.88. The van der Waals surface area contributed by atoms with Gasteiger partial charge in [0.1, 0.15) is 0 Å². The maximum Gasteiger partial charge on any atom is 0.251 e. The molecule has 3 aromatic rings. The quantitative estimate of drug-likeness (QED) is 0.770. The van der Waals surface area contributed by atoms with Gasteiger partial charge in [-0.1, -0.05) is 18.2 Å². The molecule has 120 valence electrons. The van der Waals surface area contributed by atoms with E-state index in [0.29, 0.717) is 25.1 Å². The third-order valence-electron chi connectivity index (χ3n) is 4.23. The lowest BCUT2D eigenvalue weighted by Crippen LogP contribution is -2.36. The molecule has 24 heavy (non-hydrogen) atoms. The van der Waals surface area contributed by atoms with E-state index in [1.54, 1.807) is 29.4 Å². The molecule has 0 unspecified atom stereocenters. The Bertz CT molecular complexity index is 931. The SMILES string of the molecule is O=C(NCCN1C(=O)Cc2ccccc21)c1ccc2nc[nH]c2c1. The van der Waals surface area contributed by atoms with Gasteiger partial charge in [-0.15, -0.1) is 0 Å². The normalized spacial score (nSPS) is 13.3. The van der Waals surface area contributed by atoms with Crippen molar-refractivity contribution in [1.29, 1.82) is 0 Å². The number of hydrogen-bond acceptors (Lipinski definition) is 3. The van der Waals surface area contributed by atoms with Crippen molar-refractivity contribution < 1.29 is 9.59 Å². The summed E-state index contributed by atoms with van der Waals surface area (Å²) in [6, 6.07) is 13.1. The zero-order valence-electron chi connectivity index (χ0n) is 13.0. The molecule has 6 nitrogen and oxygen atoms in total. The minimum atomic E-state index is -0.161. The summed E-state index contributed by atoms with van der Waals surface area (Å²) in [5.41, 5.74) is 4.20. The van der Waals surface area contributed by atoms with Crippen molar-refractivity contribution in [2.45, 2.75) is 6.42 Å². The van der Waals surface area contributed by atoms with Crippen LogP contribution in [0.15, 0.2) is 48.8 Å². The minimum absolute atomic E-state index is 0.0735. The van der Waals surface area contributed by atoms with Crippen LogP contribution in [-0.2, 0) is 11.2 Å². The number of rotatable bonds is 4. The summed E-state index contributed by atoms with van der Waals surface area (Å²) in [7, 11) is 0. The highest BCUT2D eigenvalue weighted by Gasteiger charge is 2.26. The number of nitrogens with zero attached hydrogens (tertiary/aromatic N) is 2. The number of hydrogen-bond donors (Lipinski definition) is 2. The third-order valence-corrected chi connectivity index (χ3v) is 4.23. The van der Waals surface area contributed by atoms with Crippen LogP contribution in [0.25, 0.3) is 11.0 Å². The molecule has 2 heterocycles. The molecule has 0 bridgehead atoms. The Kier molecular flexibility index (Phi) is 3.49. The number of para-hydroxylation sites is 1. The molecular formula is C18H16N4O2. The molecule has 2 N–H and O–H groups in total. The number of imidazole rings is 1. The Morgan fingerprint density at radius 1 is 1.25 bits per heavy atom. The number of amides is 2. The Morgan fingerprint density at radius 2 is 2.12 bits per heavy atom. The second-order valence-electron chi connectivity index (χ2n) is 5.74. The van der Waals surface area contributed by atoms with Crippen LogP contribution < -0.4 is 10.2 Å². The first-order valence-corrected chi connectivity index (χ1v) is 7.82. The molecule has 1 aliphatic rings. The molecule has 2 aromatic carbocycles. The Morgan fingerprint density at radius 3 is 3.04 bits per heavy atom. The van der Waals surface area contributed by atoms with Gasteiger partial charge in [0.2, 0.25) is 5.91 Å². The third kappa shape index (κ3) is 2.52. The summed E-state index contributed by atoms with van der Waals surface area (Å²) in [5, 5.41) is 2.87. The van der Waals surface area contributed by atoms with E-state index in [4.69, 9.17) is 0 Å². The monoisotopic (exact) mass is 320 g/mol. The van der Waals surface area contributed by atoms with E-state index >= 15 is 0 Å².